The van der Waals surface area contributed by atoms with Gasteiger partial charge in [0.1, 0.15) is 5.75 Å². The molecule has 0 aliphatic carbocycles. The van der Waals surface area contributed by atoms with Crippen LogP contribution in [0.4, 0.5) is 0 Å². The van der Waals surface area contributed by atoms with E-state index in [4.69, 9.17) is 4.74 Å². The van der Waals surface area contributed by atoms with Gasteiger partial charge in [0.2, 0.25) is 15.9 Å². The summed E-state index contributed by atoms with van der Waals surface area (Å²) in [5.74, 6) is 0.781. The Labute approximate surface area is 185 Å². The minimum atomic E-state index is -3.64. The molecule has 2 atom stereocenters. The molecule has 168 valence electrons. The Morgan fingerprint density at radius 1 is 1.13 bits per heavy atom. The van der Waals surface area contributed by atoms with Crippen molar-refractivity contribution in [1.29, 1.82) is 0 Å². The molecular weight excluding hydrogens is 412 g/mol. The van der Waals surface area contributed by atoms with Crippen molar-refractivity contribution >= 4 is 15.9 Å². The number of nitrogens with one attached hydrogen (secondary N) is 1. The van der Waals surface area contributed by atoms with Gasteiger partial charge in [0.25, 0.3) is 0 Å². The quantitative estimate of drug-likeness (QED) is 0.674. The summed E-state index contributed by atoms with van der Waals surface area (Å²) >= 11 is 0. The van der Waals surface area contributed by atoms with Crippen LogP contribution < -0.4 is 10.1 Å². The van der Waals surface area contributed by atoms with Gasteiger partial charge in [-0.3, -0.25) is 4.79 Å². The number of piperidine rings is 1. The molecule has 7 heteroatoms. The first-order chi connectivity index (χ1) is 14.8. The second-order valence-electron chi connectivity index (χ2n) is 8.38. The van der Waals surface area contributed by atoms with Crippen LogP contribution in [-0.2, 0) is 14.8 Å². The monoisotopic (exact) mass is 444 g/mol. The summed E-state index contributed by atoms with van der Waals surface area (Å²) in [4.78, 5) is 13.1. The fraction of sp³-hybridized carbons (Fsp3) is 0.458. The topological polar surface area (TPSA) is 75.7 Å². The predicted octanol–water partition coefficient (Wildman–Crippen LogP) is 3.65. The van der Waals surface area contributed by atoms with Crippen molar-refractivity contribution in [3.63, 3.8) is 0 Å². The van der Waals surface area contributed by atoms with Gasteiger partial charge in [-0.15, -0.1) is 0 Å². The van der Waals surface area contributed by atoms with Crippen LogP contribution in [0.5, 0.6) is 5.75 Å². The number of nitrogens with zero attached hydrogens (tertiary/aromatic N) is 1. The summed E-state index contributed by atoms with van der Waals surface area (Å²) in [6, 6.07) is 16.5. The molecule has 1 aliphatic rings. The molecular formula is C24H32N2O4S. The lowest BCUT2D eigenvalue weighted by Crippen LogP contribution is -2.46. The third kappa shape index (κ3) is 5.66. The fourth-order valence-corrected chi connectivity index (χ4v) is 5.59. The maximum absolute atomic E-state index is 13.0. The number of methoxy groups -OCH3 is 1. The zero-order valence-electron chi connectivity index (χ0n) is 18.5. The minimum absolute atomic E-state index is 0.0730. The van der Waals surface area contributed by atoms with Crippen molar-refractivity contribution in [2.24, 2.45) is 11.8 Å². The lowest BCUT2D eigenvalue weighted by atomic mass is 9.88. The minimum Gasteiger partial charge on any atom is -0.497 e. The van der Waals surface area contributed by atoms with Crippen molar-refractivity contribution < 1.29 is 17.9 Å². The second-order valence-corrected chi connectivity index (χ2v) is 10.3. The van der Waals surface area contributed by atoms with Crippen LogP contribution in [0.3, 0.4) is 0 Å². The Morgan fingerprint density at radius 2 is 1.81 bits per heavy atom. The highest BCUT2D eigenvalue weighted by Gasteiger charge is 2.33. The van der Waals surface area contributed by atoms with Crippen LogP contribution in [-0.4, -0.2) is 45.4 Å². The van der Waals surface area contributed by atoms with E-state index in [9.17, 15) is 13.2 Å². The van der Waals surface area contributed by atoms with E-state index in [0.29, 0.717) is 37.6 Å². The smallest absolute Gasteiger partial charge is 0.243 e. The molecule has 1 saturated heterocycles. The van der Waals surface area contributed by atoms with Gasteiger partial charge in [0.15, 0.2) is 0 Å². The van der Waals surface area contributed by atoms with Crippen molar-refractivity contribution in [3.05, 3.63) is 60.2 Å². The Morgan fingerprint density at radius 3 is 2.42 bits per heavy atom. The molecule has 2 aromatic carbocycles. The molecule has 6 nitrogen and oxygen atoms in total. The molecule has 31 heavy (non-hydrogen) atoms. The van der Waals surface area contributed by atoms with E-state index in [0.717, 1.165) is 0 Å². The molecule has 3 rings (SSSR count). The maximum Gasteiger partial charge on any atom is 0.243 e. The van der Waals surface area contributed by atoms with E-state index in [-0.39, 0.29) is 29.2 Å². The first kappa shape index (κ1) is 23.3. The average Bonchev–Trinajstić information content (AvgIpc) is 2.79. The van der Waals surface area contributed by atoms with E-state index >= 15 is 0 Å². The van der Waals surface area contributed by atoms with Crippen molar-refractivity contribution in [2.75, 3.05) is 26.7 Å². The molecule has 0 aromatic heterocycles. The van der Waals surface area contributed by atoms with Gasteiger partial charge in [0.05, 0.1) is 17.9 Å². The van der Waals surface area contributed by atoms with Gasteiger partial charge in [-0.25, -0.2) is 8.42 Å². The van der Waals surface area contributed by atoms with Crippen LogP contribution >= 0.6 is 0 Å². The van der Waals surface area contributed by atoms with Crippen LogP contribution in [0.1, 0.15) is 38.2 Å². The van der Waals surface area contributed by atoms with Gasteiger partial charge in [0, 0.05) is 25.6 Å². The van der Waals surface area contributed by atoms with Crippen molar-refractivity contribution in [2.45, 2.75) is 37.5 Å². The third-order valence-electron chi connectivity index (χ3n) is 5.98. The number of benzene rings is 2. The summed E-state index contributed by atoms with van der Waals surface area (Å²) in [6.45, 7) is 5.47. The highest BCUT2D eigenvalue weighted by atomic mass is 32.2. The summed E-state index contributed by atoms with van der Waals surface area (Å²) < 4.78 is 32.6. The lowest BCUT2D eigenvalue weighted by Gasteiger charge is -2.32. The molecule has 1 N–H and O–H groups in total. The predicted molar refractivity (Wildman–Crippen MR) is 122 cm³/mol. The van der Waals surface area contributed by atoms with Gasteiger partial charge in [-0.1, -0.05) is 44.2 Å². The second kappa shape index (κ2) is 10.3. The van der Waals surface area contributed by atoms with E-state index in [1.807, 2.05) is 18.2 Å². The number of sulfonamides is 1. The van der Waals surface area contributed by atoms with Crippen LogP contribution in [0, 0.1) is 11.8 Å². The molecule has 1 heterocycles. The number of hydrogen-bond acceptors (Lipinski definition) is 4. The van der Waals surface area contributed by atoms with Gasteiger partial charge in [-0.2, -0.15) is 4.31 Å². The van der Waals surface area contributed by atoms with E-state index in [1.54, 1.807) is 31.4 Å². The number of carbonyl (C=O) groups excluding carboxylic acids is 1. The van der Waals surface area contributed by atoms with Crippen molar-refractivity contribution in [3.8, 4) is 5.75 Å². The largest absolute Gasteiger partial charge is 0.497 e. The van der Waals surface area contributed by atoms with Gasteiger partial charge >= 0.3 is 0 Å². The van der Waals surface area contributed by atoms with E-state index in [2.05, 4.69) is 31.3 Å². The standard InChI is InChI=1S/C24H32N2O4S/c1-18(2)23(19-8-5-4-6-9-19)16-25-24(27)20-10-7-15-26(17-20)31(28,29)22-13-11-21(30-3)12-14-22/h4-6,8-9,11-14,18,20,23H,7,10,15-17H2,1-3H3,(H,25,27). The molecule has 0 radical (unpaired) electrons. The molecule has 0 spiro atoms. The molecule has 1 fully saturated rings. The number of carbonyl (C=O) groups is 1. The third-order valence-corrected chi connectivity index (χ3v) is 7.86. The van der Waals surface area contributed by atoms with Crippen LogP contribution in [0.15, 0.2) is 59.5 Å². The number of hydrogen-bond donors (Lipinski definition) is 1. The van der Waals surface area contributed by atoms with E-state index in [1.165, 1.54) is 9.87 Å². The normalized spacial score (nSPS) is 18.5. The molecule has 0 saturated carbocycles. The Hall–Kier alpha value is -2.38. The average molecular weight is 445 g/mol. The van der Waals surface area contributed by atoms with Crippen molar-refractivity contribution in [1.82, 2.24) is 9.62 Å². The summed E-state index contributed by atoms with van der Waals surface area (Å²) in [6.07, 6.45) is 1.36. The molecule has 1 aliphatic heterocycles. The highest BCUT2D eigenvalue weighted by Crippen LogP contribution is 2.26. The van der Waals surface area contributed by atoms with Crippen LogP contribution in [0.2, 0.25) is 0 Å². The first-order valence-corrected chi connectivity index (χ1v) is 12.2. The maximum atomic E-state index is 13.0. The molecule has 2 aromatic rings. The number of ether oxygens (including phenoxy) is 1. The SMILES string of the molecule is COc1ccc(S(=O)(=O)N2CCCC(C(=O)NCC(c3ccccc3)C(C)C)C2)cc1. The molecule has 1 amide bonds. The number of rotatable bonds is 8. The summed E-state index contributed by atoms with van der Waals surface area (Å²) in [7, 11) is -2.10. The Balaban J connectivity index is 1.64. The first-order valence-electron chi connectivity index (χ1n) is 10.8. The Bertz CT molecular complexity index is 959. The fourth-order valence-electron chi connectivity index (χ4n) is 4.07. The lowest BCUT2D eigenvalue weighted by molar-refractivity contribution is -0.126. The molecule has 2 unspecified atom stereocenters. The van der Waals surface area contributed by atoms with Gasteiger partial charge in [-0.05, 0) is 48.6 Å². The summed E-state index contributed by atoms with van der Waals surface area (Å²) in [5.41, 5.74) is 1.20. The summed E-state index contributed by atoms with van der Waals surface area (Å²) in [5, 5.41) is 3.08. The molecule has 0 bridgehead atoms. The van der Waals surface area contributed by atoms with Gasteiger partial charge < -0.3 is 10.1 Å². The highest BCUT2D eigenvalue weighted by molar-refractivity contribution is 7.89. The van der Waals surface area contributed by atoms with Crippen LogP contribution in [0.25, 0.3) is 0 Å². The zero-order valence-corrected chi connectivity index (χ0v) is 19.3. The van der Waals surface area contributed by atoms with E-state index < -0.39 is 10.0 Å². The zero-order chi connectivity index (χ0) is 22.4. The number of amides is 1. The Kier molecular flexibility index (Phi) is 7.73.